The maximum atomic E-state index is 4.42. The first-order valence-electron chi connectivity index (χ1n) is 5.73. The molecule has 3 nitrogen and oxygen atoms in total. The first kappa shape index (κ1) is 13.4. The summed E-state index contributed by atoms with van der Waals surface area (Å²) in [6.45, 7) is 0. The number of rotatable bonds is 2. The smallest absolute Gasteiger partial charge is 0.0980 e. The fraction of sp³-hybridized carbons (Fsp3) is 0. The molecule has 97 valence electrons. The number of hydrogen-bond donors (Lipinski definition) is 0. The molecule has 0 N–H and O–H groups in total. The summed E-state index contributed by atoms with van der Waals surface area (Å²) in [4.78, 5) is 13.1. The molecule has 0 saturated heterocycles. The molecule has 1 radical (unpaired) electrons. The van der Waals surface area contributed by atoms with Crippen LogP contribution >= 0.6 is 0 Å². The van der Waals surface area contributed by atoms with Gasteiger partial charge in [-0.15, -0.1) is 0 Å². The van der Waals surface area contributed by atoms with E-state index in [4.69, 9.17) is 0 Å². The number of pyridine rings is 3. The third-order valence-corrected chi connectivity index (χ3v) is 2.66. The number of aromatic nitrogens is 3. The van der Waals surface area contributed by atoms with Gasteiger partial charge in [0, 0.05) is 41.2 Å². The van der Waals surface area contributed by atoms with Crippen LogP contribution in [0.15, 0.2) is 67.1 Å². The maximum Gasteiger partial charge on any atom is 0.0980 e. The van der Waals surface area contributed by atoms with Gasteiger partial charge in [0.05, 0.1) is 17.1 Å². The summed E-state index contributed by atoms with van der Waals surface area (Å²) < 4.78 is 0. The van der Waals surface area contributed by atoms with E-state index in [0.717, 1.165) is 22.6 Å². The molecule has 4 heteroatoms. The van der Waals surface area contributed by atoms with Crippen LogP contribution in [-0.2, 0) is 17.1 Å². The van der Waals surface area contributed by atoms with Gasteiger partial charge in [0.25, 0.3) is 0 Å². The third-order valence-electron chi connectivity index (χ3n) is 2.66. The Morgan fingerprint density at radius 2 is 1.21 bits per heavy atom. The van der Waals surface area contributed by atoms with Crippen LogP contribution in [0.4, 0.5) is 0 Å². The quantitative estimate of drug-likeness (QED) is 0.682. The molecule has 0 aliphatic rings. The summed E-state index contributed by atoms with van der Waals surface area (Å²) in [5.41, 5.74) is 3.62. The van der Waals surface area contributed by atoms with Crippen LogP contribution in [0.2, 0.25) is 0 Å². The first-order chi connectivity index (χ1) is 8.95. The van der Waals surface area contributed by atoms with Crippen molar-refractivity contribution in [3.63, 3.8) is 0 Å². The topological polar surface area (TPSA) is 38.7 Å². The second-order valence-electron chi connectivity index (χ2n) is 3.83. The van der Waals surface area contributed by atoms with E-state index in [0.29, 0.717) is 0 Å². The average Bonchev–Trinajstić information content (AvgIpc) is 2.49. The second kappa shape index (κ2) is 6.23. The van der Waals surface area contributed by atoms with Crippen molar-refractivity contribution in [1.82, 2.24) is 15.0 Å². The zero-order valence-electron chi connectivity index (χ0n) is 9.99. The molecule has 0 bridgehead atoms. The van der Waals surface area contributed by atoms with Crippen molar-refractivity contribution in [2.24, 2.45) is 0 Å². The van der Waals surface area contributed by atoms with Crippen LogP contribution in [0, 0.1) is 0 Å². The number of hydrogen-bond acceptors (Lipinski definition) is 3. The van der Waals surface area contributed by atoms with E-state index in [9.17, 15) is 0 Å². The molecule has 0 aromatic carbocycles. The molecule has 0 unspecified atom stereocenters. The van der Waals surface area contributed by atoms with Crippen LogP contribution < -0.4 is 0 Å². The molecule has 0 aliphatic heterocycles. The molecular weight excluding hydrogens is 286 g/mol. The van der Waals surface area contributed by atoms with Crippen LogP contribution in [0.5, 0.6) is 0 Å². The Morgan fingerprint density at radius 1 is 0.579 bits per heavy atom. The minimum Gasteiger partial charge on any atom is -0.256 e. The Balaban J connectivity index is 0.00000133. The summed E-state index contributed by atoms with van der Waals surface area (Å²) in [6.07, 6.45) is 5.33. The molecule has 3 aromatic heterocycles. The standard InChI is InChI=1S/C15H11N3.Cu/c1-3-9-16-13(7-1)12-6-5-11-18-15(12)14-8-2-4-10-17-14;/h1-11H;. The van der Waals surface area contributed by atoms with Gasteiger partial charge in [-0.2, -0.15) is 0 Å². The van der Waals surface area contributed by atoms with Gasteiger partial charge in [0.2, 0.25) is 0 Å². The van der Waals surface area contributed by atoms with E-state index in [2.05, 4.69) is 15.0 Å². The molecule has 0 spiro atoms. The van der Waals surface area contributed by atoms with E-state index in [1.165, 1.54) is 0 Å². The van der Waals surface area contributed by atoms with Gasteiger partial charge in [0.15, 0.2) is 0 Å². The molecule has 0 fully saturated rings. The van der Waals surface area contributed by atoms with E-state index in [1.54, 1.807) is 18.6 Å². The van der Waals surface area contributed by atoms with Gasteiger partial charge in [-0.05, 0) is 36.4 Å². The van der Waals surface area contributed by atoms with Crippen molar-refractivity contribution in [3.8, 4) is 22.6 Å². The molecule has 3 aromatic rings. The third kappa shape index (κ3) is 2.87. The summed E-state index contributed by atoms with van der Waals surface area (Å²) >= 11 is 0. The Hall–Kier alpha value is -2.03. The molecule has 0 aliphatic carbocycles. The first-order valence-corrected chi connectivity index (χ1v) is 5.73. The van der Waals surface area contributed by atoms with Crippen molar-refractivity contribution < 1.29 is 17.1 Å². The Morgan fingerprint density at radius 3 is 1.84 bits per heavy atom. The largest absolute Gasteiger partial charge is 0.256 e. The van der Waals surface area contributed by atoms with Crippen LogP contribution in [0.3, 0.4) is 0 Å². The minimum absolute atomic E-state index is 0. The van der Waals surface area contributed by atoms with Gasteiger partial charge >= 0.3 is 0 Å². The fourth-order valence-corrected chi connectivity index (χ4v) is 1.84. The van der Waals surface area contributed by atoms with Crippen LogP contribution in [0.25, 0.3) is 22.6 Å². The monoisotopic (exact) mass is 296 g/mol. The van der Waals surface area contributed by atoms with E-state index in [1.807, 2.05) is 48.5 Å². The second-order valence-corrected chi connectivity index (χ2v) is 3.83. The normalized spacial score (nSPS) is 9.68. The molecule has 0 atom stereocenters. The zero-order chi connectivity index (χ0) is 12.2. The minimum atomic E-state index is 0. The number of nitrogens with zero attached hydrogens (tertiary/aromatic N) is 3. The predicted octanol–water partition coefficient (Wildman–Crippen LogP) is 3.20. The molecule has 0 saturated carbocycles. The van der Waals surface area contributed by atoms with Crippen molar-refractivity contribution in [3.05, 3.63) is 67.1 Å². The van der Waals surface area contributed by atoms with Crippen molar-refractivity contribution in [2.45, 2.75) is 0 Å². The fourth-order valence-electron chi connectivity index (χ4n) is 1.84. The van der Waals surface area contributed by atoms with Crippen LogP contribution in [0.1, 0.15) is 0 Å². The zero-order valence-corrected chi connectivity index (χ0v) is 10.9. The Kier molecular flexibility index (Phi) is 4.39. The molecule has 3 rings (SSSR count). The average molecular weight is 297 g/mol. The van der Waals surface area contributed by atoms with E-state index >= 15 is 0 Å². The molecule has 0 amide bonds. The summed E-state index contributed by atoms with van der Waals surface area (Å²) in [6, 6.07) is 15.6. The van der Waals surface area contributed by atoms with Crippen molar-refractivity contribution >= 4 is 0 Å². The predicted molar refractivity (Wildman–Crippen MR) is 70.7 cm³/mol. The summed E-state index contributed by atoms with van der Waals surface area (Å²) in [7, 11) is 0. The Labute approximate surface area is 122 Å². The van der Waals surface area contributed by atoms with E-state index < -0.39 is 0 Å². The SMILES string of the molecule is [Cu].c1ccc(-c2cccnc2-c2ccccn2)nc1. The van der Waals surface area contributed by atoms with Gasteiger partial charge in [-0.25, -0.2) is 0 Å². The Bertz CT molecular complexity index is 583. The van der Waals surface area contributed by atoms with Gasteiger partial charge in [-0.3, -0.25) is 15.0 Å². The van der Waals surface area contributed by atoms with Crippen molar-refractivity contribution in [1.29, 1.82) is 0 Å². The van der Waals surface area contributed by atoms with E-state index in [-0.39, 0.29) is 17.1 Å². The molecule has 19 heavy (non-hydrogen) atoms. The van der Waals surface area contributed by atoms with Gasteiger partial charge in [-0.1, -0.05) is 12.1 Å². The summed E-state index contributed by atoms with van der Waals surface area (Å²) in [5, 5.41) is 0. The van der Waals surface area contributed by atoms with Crippen molar-refractivity contribution in [2.75, 3.05) is 0 Å². The van der Waals surface area contributed by atoms with Gasteiger partial charge < -0.3 is 0 Å². The van der Waals surface area contributed by atoms with Gasteiger partial charge in [0.1, 0.15) is 0 Å². The molecule has 3 heterocycles. The molecular formula is C15H11CuN3. The van der Waals surface area contributed by atoms with Crippen LogP contribution in [-0.4, -0.2) is 15.0 Å². The maximum absolute atomic E-state index is 4.42. The summed E-state index contributed by atoms with van der Waals surface area (Å²) in [5.74, 6) is 0.